The van der Waals surface area contributed by atoms with Crippen molar-refractivity contribution in [2.75, 3.05) is 20.0 Å². The van der Waals surface area contributed by atoms with E-state index in [2.05, 4.69) is 20.2 Å². The Morgan fingerprint density at radius 2 is 1.92 bits per heavy atom. The van der Waals surface area contributed by atoms with Crippen LogP contribution in [0.4, 0.5) is 5.69 Å². The van der Waals surface area contributed by atoms with E-state index in [4.69, 9.17) is 20.9 Å². The van der Waals surface area contributed by atoms with Crippen LogP contribution < -0.4 is 20.9 Å². The highest BCUT2D eigenvalue weighted by molar-refractivity contribution is 6.07. The molecule has 9 heteroatoms. The number of fused-ring (bicyclic) bond motifs is 1. The molecular formula is C15H14N6O3. The fourth-order valence-corrected chi connectivity index (χ4v) is 2.34. The normalized spacial score (nSPS) is 10.6. The van der Waals surface area contributed by atoms with E-state index in [1.165, 1.54) is 14.2 Å². The van der Waals surface area contributed by atoms with Crippen molar-refractivity contribution in [3.63, 3.8) is 0 Å². The highest BCUT2D eigenvalue weighted by atomic mass is 16.5. The van der Waals surface area contributed by atoms with Gasteiger partial charge in [0.1, 0.15) is 5.52 Å². The number of rotatable bonds is 4. The van der Waals surface area contributed by atoms with Gasteiger partial charge < -0.3 is 20.9 Å². The highest BCUT2D eigenvalue weighted by Gasteiger charge is 2.18. The lowest BCUT2D eigenvalue weighted by molar-refractivity contribution is 0.0996. The van der Waals surface area contributed by atoms with Gasteiger partial charge in [-0.2, -0.15) is 4.98 Å². The largest absolute Gasteiger partial charge is 0.480 e. The van der Waals surface area contributed by atoms with Crippen molar-refractivity contribution in [3.05, 3.63) is 30.1 Å². The zero-order valence-corrected chi connectivity index (χ0v) is 13.0. The number of nitrogen functional groups attached to an aromatic ring is 1. The van der Waals surface area contributed by atoms with Crippen LogP contribution in [0.3, 0.4) is 0 Å². The Labute approximate surface area is 136 Å². The maximum Gasteiger partial charge on any atom is 0.319 e. The van der Waals surface area contributed by atoms with Crippen LogP contribution in [0.15, 0.2) is 24.4 Å². The third-order valence-corrected chi connectivity index (χ3v) is 3.46. The second kappa shape index (κ2) is 5.95. The molecule has 0 aliphatic heterocycles. The van der Waals surface area contributed by atoms with Crippen LogP contribution in [0, 0.1) is 0 Å². The fourth-order valence-electron chi connectivity index (χ4n) is 2.34. The Morgan fingerprint density at radius 1 is 1.12 bits per heavy atom. The Hall–Kier alpha value is -3.49. The smallest absolute Gasteiger partial charge is 0.319 e. The number of ether oxygens (including phenoxy) is 2. The van der Waals surface area contributed by atoms with E-state index in [1.54, 1.807) is 24.4 Å². The minimum atomic E-state index is -0.738. The van der Waals surface area contributed by atoms with Crippen molar-refractivity contribution in [2.45, 2.75) is 0 Å². The monoisotopic (exact) mass is 326 g/mol. The van der Waals surface area contributed by atoms with Gasteiger partial charge in [-0.05, 0) is 0 Å². The second-order valence-corrected chi connectivity index (χ2v) is 4.81. The van der Waals surface area contributed by atoms with Gasteiger partial charge in [-0.3, -0.25) is 4.79 Å². The number of nitrogens with zero attached hydrogens (tertiary/aromatic N) is 4. The Kier molecular flexibility index (Phi) is 3.82. The predicted molar refractivity (Wildman–Crippen MR) is 86.6 cm³/mol. The van der Waals surface area contributed by atoms with Crippen LogP contribution in [-0.4, -0.2) is 40.3 Å². The quantitative estimate of drug-likeness (QED) is 0.717. The lowest BCUT2D eigenvalue weighted by atomic mass is 10.0. The first-order valence-electron chi connectivity index (χ1n) is 6.87. The van der Waals surface area contributed by atoms with Crippen molar-refractivity contribution < 1.29 is 14.3 Å². The number of amides is 1. The van der Waals surface area contributed by atoms with Gasteiger partial charge in [0, 0.05) is 17.1 Å². The van der Waals surface area contributed by atoms with Crippen molar-refractivity contribution in [1.29, 1.82) is 0 Å². The molecular weight excluding hydrogens is 312 g/mol. The molecule has 24 heavy (non-hydrogen) atoms. The molecule has 0 spiro atoms. The van der Waals surface area contributed by atoms with Crippen molar-refractivity contribution >= 4 is 22.5 Å². The maximum atomic E-state index is 11.4. The number of carbonyl (C=O) groups excluding carboxylic acids is 1. The summed E-state index contributed by atoms with van der Waals surface area (Å²) in [4.78, 5) is 19.6. The lowest BCUT2D eigenvalue weighted by Crippen LogP contribution is -2.16. The number of primary amides is 1. The minimum Gasteiger partial charge on any atom is -0.480 e. The van der Waals surface area contributed by atoms with E-state index in [0.717, 1.165) is 0 Å². The average molecular weight is 326 g/mol. The summed E-state index contributed by atoms with van der Waals surface area (Å²) in [5, 5.41) is 8.46. The first-order chi connectivity index (χ1) is 11.6. The first kappa shape index (κ1) is 15.4. The van der Waals surface area contributed by atoms with Crippen molar-refractivity contribution in [2.24, 2.45) is 5.73 Å². The van der Waals surface area contributed by atoms with Gasteiger partial charge in [0.05, 0.1) is 25.5 Å². The number of methoxy groups -OCH3 is 2. The van der Waals surface area contributed by atoms with Crippen LogP contribution in [0.1, 0.15) is 10.5 Å². The number of anilines is 1. The highest BCUT2D eigenvalue weighted by Crippen LogP contribution is 2.35. The van der Waals surface area contributed by atoms with E-state index in [1.807, 2.05) is 0 Å². The summed E-state index contributed by atoms with van der Waals surface area (Å²) in [6, 6.07) is 5.47. The van der Waals surface area contributed by atoms with E-state index in [9.17, 15) is 4.79 Å². The van der Waals surface area contributed by atoms with Crippen LogP contribution >= 0.6 is 0 Å². The molecule has 0 fully saturated rings. The summed E-state index contributed by atoms with van der Waals surface area (Å²) in [6.07, 6.45) is 1.55. The number of hydrogen-bond donors (Lipinski definition) is 2. The fraction of sp³-hybridized carbons (Fsp3) is 0.133. The SMILES string of the molecule is COc1ncc(-c2cccc3c(N)c(C(N)=O)nnc23)c(OC)n1. The summed E-state index contributed by atoms with van der Waals surface area (Å²) in [5.41, 5.74) is 13.1. The molecule has 0 atom stereocenters. The Balaban J connectivity index is 2.28. The molecule has 9 nitrogen and oxygen atoms in total. The van der Waals surface area contributed by atoms with E-state index in [-0.39, 0.29) is 17.4 Å². The van der Waals surface area contributed by atoms with Gasteiger partial charge in [-0.1, -0.05) is 18.2 Å². The molecule has 1 amide bonds. The van der Waals surface area contributed by atoms with Crippen LogP contribution in [-0.2, 0) is 0 Å². The Morgan fingerprint density at radius 3 is 2.58 bits per heavy atom. The second-order valence-electron chi connectivity index (χ2n) is 4.81. The molecule has 3 aromatic rings. The number of benzene rings is 1. The molecule has 122 valence electrons. The minimum absolute atomic E-state index is 0.0717. The average Bonchev–Trinajstić information content (AvgIpc) is 2.60. The summed E-state index contributed by atoms with van der Waals surface area (Å²) < 4.78 is 10.3. The number of aromatic nitrogens is 4. The van der Waals surface area contributed by atoms with Gasteiger partial charge in [0.2, 0.25) is 5.88 Å². The van der Waals surface area contributed by atoms with Crippen molar-refractivity contribution in [1.82, 2.24) is 20.2 Å². The third-order valence-electron chi connectivity index (χ3n) is 3.46. The molecule has 0 aliphatic rings. The molecule has 0 bridgehead atoms. The summed E-state index contributed by atoms with van der Waals surface area (Å²) in [6.45, 7) is 0. The molecule has 4 N–H and O–H groups in total. The number of nitrogens with two attached hydrogens (primary N) is 2. The van der Waals surface area contributed by atoms with Gasteiger partial charge in [-0.15, -0.1) is 10.2 Å². The molecule has 2 aromatic heterocycles. The zero-order valence-electron chi connectivity index (χ0n) is 13.0. The van der Waals surface area contributed by atoms with Gasteiger partial charge in [0.25, 0.3) is 5.91 Å². The van der Waals surface area contributed by atoms with Gasteiger partial charge in [-0.25, -0.2) is 4.98 Å². The maximum absolute atomic E-state index is 11.4. The van der Waals surface area contributed by atoms with E-state index >= 15 is 0 Å². The van der Waals surface area contributed by atoms with E-state index in [0.29, 0.717) is 27.9 Å². The van der Waals surface area contributed by atoms with E-state index < -0.39 is 5.91 Å². The number of hydrogen-bond acceptors (Lipinski definition) is 8. The van der Waals surface area contributed by atoms with Crippen LogP contribution in [0.2, 0.25) is 0 Å². The van der Waals surface area contributed by atoms with Crippen molar-refractivity contribution in [3.8, 4) is 23.0 Å². The summed E-state index contributed by atoms with van der Waals surface area (Å²) in [7, 11) is 2.95. The topological polar surface area (TPSA) is 139 Å². The molecule has 0 saturated carbocycles. The molecule has 0 radical (unpaired) electrons. The van der Waals surface area contributed by atoms with Gasteiger partial charge >= 0.3 is 6.01 Å². The van der Waals surface area contributed by atoms with Gasteiger partial charge in [0.15, 0.2) is 5.69 Å². The predicted octanol–water partition coefficient (Wildman–Crippen LogP) is 0.785. The Bertz CT molecular complexity index is 944. The van der Waals surface area contributed by atoms with Crippen LogP contribution in [0.5, 0.6) is 11.9 Å². The molecule has 3 rings (SSSR count). The molecule has 1 aromatic carbocycles. The molecule has 0 unspecified atom stereocenters. The molecule has 0 aliphatic carbocycles. The summed E-state index contributed by atoms with van der Waals surface area (Å²) >= 11 is 0. The molecule has 0 saturated heterocycles. The third kappa shape index (κ3) is 2.41. The lowest BCUT2D eigenvalue weighted by Gasteiger charge is -2.11. The first-order valence-corrected chi connectivity index (χ1v) is 6.87. The standard InChI is InChI=1S/C15H14N6O3/c1-23-14-9(6-18-15(19-14)24-2)7-4-3-5-8-10(16)12(13(17)22)21-20-11(7)8/h3-6H,1-2H3,(H2,16,20)(H2,17,22). The summed E-state index contributed by atoms with van der Waals surface area (Å²) in [5.74, 6) is -0.425. The molecule has 2 heterocycles. The van der Waals surface area contributed by atoms with Crippen LogP contribution in [0.25, 0.3) is 22.0 Å². The zero-order chi connectivity index (χ0) is 17.3. The number of carbonyl (C=O) groups is 1.